The number of hydrogen-bond acceptors (Lipinski definition) is 1. The van der Waals surface area contributed by atoms with Crippen LogP contribution in [0, 0.1) is 11.7 Å². The zero-order chi connectivity index (χ0) is 11.5. The van der Waals surface area contributed by atoms with Crippen molar-refractivity contribution in [3.05, 3.63) is 34.6 Å². The Morgan fingerprint density at radius 3 is 2.75 bits per heavy atom. The third-order valence-electron chi connectivity index (χ3n) is 3.35. The van der Waals surface area contributed by atoms with Crippen molar-refractivity contribution >= 4 is 11.6 Å². The summed E-state index contributed by atoms with van der Waals surface area (Å²) in [6.45, 7) is 0. The van der Waals surface area contributed by atoms with Crippen molar-refractivity contribution in [2.75, 3.05) is 0 Å². The standard InChI is InChI=1S/C13H16ClFO/c14-10-5-6-12(15)11(8-10)13(16)7-9-3-1-2-4-9/h5-6,8-9,13,16H,1-4,7H2. The van der Waals surface area contributed by atoms with Crippen molar-refractivity contribution in [3.63, 3.8) is 0 Å². The highest BCUT2D eigenvalue weighted by atomic mass is 35.5. The maximum absolute atomic E-state index is 13.5. The van der Waals surface area contributed by atoms with E-state index >= 15 is 0 Å². The number of hydrogen-bond donors (Lipinski definition) is 1. The van der Waals surface area contributed by atoms with Crippen LogP contribution in [-0.2, 0) is 0 Å². The minimum atomic E-state index is -0.721. The van der Waals surface area contributed by atoms with E-state index in [1.165, 1.54) is 31.0 Å². The molecule has 1 aromatic carbocycles. The van der Waals surface area contributed by atoms with Crippen molar-refractivity contribution in [2.24, 2.45) is 5.92 Å². The van der Waals surface area contributed by atoms with Crippen LogP contribution in [0.3, 0.4) is 0 Å². The van der Waals surface area contributed by atoms with Gasteiger partial charge in [-0.05, 0) is 30.5 Å². The highest BCUT2D eigenvalue weighted by Gasteiger charge is 2.21. The smallest absolute Gasteiger partial charge is 0.129 e. The zero-order valence-electron chi connectivity index (χ0n) is 9.13. The normalized spacial score (nSPS) is 18.9. The van der Waals surface area contributed by atoms with Gasteiger partial charge in [0.05, 0.1) is 6.10 Å². The highest BCUT2D eigenvalue weighted by Crippen LogP contribution is 2.34. The lowest BCUT2D eigenvalue weighted by atomic mass is 9.95. The molecule has 1 saturated carbocycles. The molecule has 0 aliphatic heterocycles. The van der Waals surface area contributed by atoms with Gasteiger partial charge in [0.15, 0.2) is 0 Å². The summed E-state index contributed by atoms with van der Waals surface area (Å²) in [7, 11) is 0. The van der Waals surface area contributed by atoms with Crippen LogP contribution in [-0.4, -0.2) is 5.11 Å². The van der Waals surface area contributed by atoms with Crippen LogP contribution in [0.25, 0.3) is 0 Å². The molecular formula is C13H16ClFO. The molecule has 1 aliphatic rings. The van der Waals surface area contributed by atoms with E-state index < -0.39 is 6.10 Å². The Balaban J connectivity index is 2.07. The summed E-state index contributed by atoms with van der Waals surface area (Å²) in [5.41, 5.74) is 0.333. The number of benzene rings is 1. The topological polar surface area (TPSA) is 20.2 Å². The molecule has 1 nitrogen and oxygen atoms in total. The molecular weight excluding hydrogens is 227 g/mol. The Bertz CT molecular complexity index is 361. The second-order valence-electron chi connectivity index (χ2n) is 4.57. The van der Waals surface area contributed by atoms with E-state index in [2.05, 4.69) is 0 Å². The van der Waals surface area contributed by atoms with E-state index in [9.17, 15) is 9.50 Å². The summed E-state index contributed by atoms with van der Waals surface area (Å²) in [5.74, 6) is 0.170. The van der Waals surface area contributed by atoms with E-state index in [1.807, 2.05) is 0 Å². The van der Waals surface area contributed by atoms with Crippen molar-refractivity contribution in [2.45, 2.75) is 38.2 Å². The number of rotatable bonds is 3. The first kappa shape index (κ1) is 11.9. The molecule has 1 aliphatic carbocycles. The minimum Gasteiger partial charge on any atom is -0.388 e. The Morgan fingerprint density at radius 2 is 2.06 bits per heavy atom. The highest BCUT2D eigenvalue weighted by molar-refractivity contribution is 6.30. The van der Waals surface area contributed by atoms with Crippen LogP contribution < -0.4 is 0 Å². The average molecular weight is 243 g/mol. The average Bonchev–Trinajstić information content (AvgIpc) is 2.74. The molecule has 88 valence electrons. The van der Waals surface area contributed by atoms with Gasteiger partial charge in [0.25, 0.3) is 0 Å². The summed E-state index contributed by atoms with van der Waals surface area (Å²) in [6.07, 6.45) is 4.70. The van der Waals surface area contributed by atoms with Crippen molar-refractivity contribution in [1.29, 1.82) is 0 Å². The summed E-state index contributed by atoms with van der Waals surface area (Å²) >= 11 is 5.80. The maximum atomic E-state index is 13.5. The van der Waals surface area contributed by atoms with E-state index in [1.54, 1.807) is 0 Å². The van der Waals surface area contributed by atoms with Gasteiger partial charge in [0, 0.05) is 10.6 Å². The van der Waals surface area contributed by atoms with Gasteiger partial charge < -0.3 is 5.11 Å². The second-order valence-corrected chi connectivity index (χ2v) is 5.00. The Kier molecular flexibility index (Phi) is 3.82. The van der Waals surface area contributed by atoms with Gasteiger partial charge >= 0.3 is 0 Å². The lowest BCUT2D eigenvalue weighted by Crippen LogP contribution is -2.06. The van der Waals surface area contributed by atoms with E-state index in [4.69, 9.17) is 11.6 Å². The van der Waals surface area contributed by atoms with Crippen LogP contribution in [0.5, 0.6) is 0 Å². The Morgan fingerprint density at radius 1 is 1.38 bits per heavy atom. The first-order valence-electron chi connectivity index (χ1n) is 5.80. The fraction of sp³-hybridized carbons (Fsp3) is 0.538. The minimum absolute atomic E-state index is 0.333. The molecule has 0 heterocycles. The Hall–Kier alpha value is -0.600. The molecule has 0 bridgehead atoms. The predicted molar refractivity (Wildman–Crippen MR) is 62.9 cm³/mol. The summed E-state index contributed by atoms with van der Waals surface area (Å²) < 4.78 is 13.5. The van der Waals surface area contributed by atoms with Crippen LogP contribution in [0.15, 0.2) is 18.2 Å². The van der Waals surface area contributed by atoms with E-state index in [0.717, 1.165) is 12.8 Å². The largest absolute Gasteiger partial charge is 0.388 e. The van der Waals surface area contributed by atoms with Gasteiger partial charge in [0.2, 0.25) is 0 Å². The zero-order valence-corrected chi connectivity index (χ0v) is 9.88. The van der Waals surface area contributed by atoms with Gasteiger partial charge in [-0.2, -0.15) is 0 Å². The molecule has 1 aromatic rings. The molecule has 0 saturated heterocycles. The van der Waals surface area contributed by atoms with Gasteiger partial charge in [-0.25, -0.2) is 4.39 Å². The van der Waals surface area contributed by atoms with Crippen molar-refractivity contribution in [1.82, 2.24) is 0 Å². The molecule has 0 amide bonds. The second kappa shape index (κ2) is 5.15. The number of halogens is 2. The first-order valence-corrected chi connectivity index (χ1v) is 6.17. The fourth-order valence-corrected chi connectivity index (χ4v) is 2.64. The monoisotopic (exact) mass is 242 g/mol. The predicted octanol–water partition coefficient (Wildman–Crippen LogP) is 4.09. The van der Waals surface area contributed by atoms with Crippen LogP contribution in [0.1, 0.15) is 43.8 Å². The Labute approximate surface area is 100 Å². The van der Waals surface area contributed by atoms with Gasteiger partial charge in [-0.3, -0.25) is 0 Å². The molecule has 0 aromatic heterocycles. The molecule has 1 atom stereocenters. The summed E-state index contributed by atoms with van der Waals surface area (Å²) in [6, 6.07) is 4.34. The maximum Gasteiger partial charge on any atom is 0.129 e. The van der Waals surface area contributed by atoms with Crippen molar-refractivity contribution in [3.8, 4) is 0 Å². The lowest BCUT2D eigenvalue weighted by molar-refractivity contribution is 0.141. The van der Waals surface area contributed by atoms with E-state index in [-0.39, 0.29) is 5.82 Å². The molecule has 1 N–H and O–H groups in total. The molecule has 3 heteroatoms. The molecule has 16 heavy (non-hydrogen) atoms. The first-order chi connectivity index (χ1) is 7.66. The van der Waals surface area contributed by atoms with Crippen molar-refractivity contribution < 1.29 is 9.50 Å². The fourth-order valence-electron chi connectivity index (χ4n) is 2.46. The van der Waals surface area contributed by atoms with Gasteiger partial charge in [-0.15, -0.1) is 0 Å². The SMILES string of the molecule is OC(CC1CCCC1)c1cc(Cl)ccc1F. The van der Waals surface area contributed by atoms with Crippen LogP contribution in [0.2, 0.25) is 5.02 Å². The molecule has 0 spiro atoms. The third kappa shape index (κ3) is 2.74. The van der Waals surface area contributed by atoms with E-state index in [0.29, 0.717) is 22.9 Å². The van der Waals surface area contributed by atoms with Crippen LogP contribution in [0.4, 0.5) is 4.39 Å². The molecule has 1 fully saturated rings. The molecule has 1 unspecified atom stereocenters. The van der Waals surface area contributed by atoms with Gasteiger partial charge in [-0.1, -0.05) is 37.3 Å². The summed E-state index contributed by atoms with van der Waals surface area (Å²) in [4.78, 5) is 0. The summed E-state index contributed by atoms with van der Waals surface area (Å²) in [5, 5.41) is 10.5. The quantitative estimate of drug-likeness (QED) is 0.846. The lowest BCUT2D eigenvalue weighted by Gasteiger charge is -2.16. The third-order valence-corrected chi connectivity index (χ3v) is 3.58. The molecule has 0 radical (unpaired) electrons. The number of aliphatic hydroxyl groups excluding tert-OH is 1. The van der Waals surface area contributed by atoms with Crippen LogP contribution >= 0.6 is 11.6 Å². The van der Waals surface area contributed by atoms with Gasteiger partial charge in [0.1, 0.15) is 5.82 Å². The number of aliphatic hydroxyl groups is 1. The molecule has 2 rings (SSSR count).